The van der Waals surface area contributed by atoms with Crippen molar-refractivity contribution < 1.29 is 22.7 Å². The second-order valence-electron chi connectivity index (χ2n) is 6.94. The van der Waals surface area contributed by atoms with Gasteiger partial charge in [-0.3, -0.25) is 9.10 Å². The maximum Gasteiger partial charge on any atom is 0.232 e. The van der Waals surface area contributed by atoms with Gasteiger partial charge < -0.3 is 14.4 Å². The zero-order valence-corrected chi connectivity index (χ0v) is 18.8. The molecule has 0 saturated heterocycles. The van der Waals surface area contributed by atoms with Crippen LogP contribution >= 0.6 is 0 Å². The van der Waals surface area contributed by atoms with Crippen molar-refractivity contribution in [3.05, 3.63) is 54.1 Å². The predicted octanol–water partition coefficient (Wildman–Crippen LogP) is 3.30. The van der Waals surface area contributed by atoms with Crippen molar-refractivity contribution in [2.24, 2.45) is 0 Å². The molecule has 0 aromatic heterocycles. The maximum absolute atomic E-state index is 12.5. The number of hydrogen-bond acceptors (Lipinski definition) is 5. The molecule has 30 heavy (non-hydrogen) atoms. The van der Waals surface area contributed by atoms with Crippen molar-refractivity contribution in [2.75, 3.05) is 37.9 Å². The lowest BCUT2D eigenvalue weighted by molar-refractivity contribution is -0.130. The van der Waals surface area contributed by atoms with E-state index in [9.17, 15) is 13.2 Å². The number of ether oxygens (including phenoxy) is 2. The largest absolute Gasteiger partial charge is 0.497 e. The van der Waals surface area contributed by atoms with Crippen molar-refractivity contribution in [3.63, 3.8) is 0 Å². The molecule has 0 bridgehead atoms. The highest BCUT2D eigenvalue weighted by Crippen LogP contribution is 2.30. The predicted molar refractivity (Wildman–Crippen MR) is 119 cm³/mol. The van der Waals surface area contributed by atoms with Crippen molar-refractivity contribution in [1.29, 1.82) is 0 Å². The highest BCUT2D eigenvalue weighted by molar-refractivity contribution is 7.92. The Morgan fingerprint density at radius 2 is 1.73 bits per heavy atom. The number of carbonyl (C=O) groups is 1. The smallest absolute Gasteiger partial charge is 0.232 e. The number of methoxy groups -OCH3 is 1. The van der Waals surface area contributed by atoms with Crippen molar-refractivity contribution in [2.45, 2.75) is 26.3 Å². The number of nitrogens with zero attached hydrogens (tertiary/aromatic N) is 2. The van der Waals surface area contributed by atoms with Gasteiger partial charge in [0.05, 0.1) is 25.7 Å². The summed E-state index contributed by atoms with van der Waals surface area (Å²) in [5, 5.41) is 0. The number of rotatable bonds is 11. The normalized spacial score (nSPS) is 11.1. The first kappa shape index (κ1) is 23.5. The van der Waals surface area contributed by atoms with E-state index in [4.69, 9.17) is 9.47 Å². The van der Waals surface area contributed by atoms with E-state index in [1.165, 1.54) is 4.31 Å². The molecule has 8 heteroatoms. The Kier molecular flexibility index (Phi) is 8.53. The van der Waals surface area contributed by atoms with Gasteiger partial charge in [0.1, 0.15) is 11.5 Å². The molecule has 0 aliphatic rings. The number of para-hydroxylation sites is 2. The number of sulfonamides is 1. The lowest BCUT2D eigenvalue weighted by Gasteiger charge is -2.25. The van der Waals surface area contributed by atoms with Crippen LogP contribution in [-0.4, -0.2) is 52.8 Å². The summed E-state index contributed by atoms with van der Waals surface area (Å²) in [6.07, 6.45) is 1.81. The van der Waals surface area contributed by atoms with Crippen LogP contribution in [0.15, 0.2) is 48.5 Å². The van der Waals surface area contributed by atoms with Crippen molar-refractivity contribution in [3.8, 4) is 11.5 Å². The van der Waals surface area contributed by atoms with Crippen LogP contribution in [0.4, 0.5) is 5.69 Å². The second-order valence-corrected chi connectivity index (χ2v) is 8.84. The van der Waals surface area contributed by atoms with Crippen molar-refractivity contribution in [1.82, 2.24) is 4.90 Å². The summed E-state index contributed by atoms with van der Waals surface area (Å²) in [5.74, 6) is 1.23. The molecule has 0 radical (unpaired) electrons. The number of hydrogen-bond donors (Lipinski definition) is 0. The number of anilines is 1. The molecule has 0 aliphatic heterocycles. The Morgan fingerprint density at radius 3 is 2.33 bits per heavy atom. The van der Waals surface area contributed by atoms with E-state index in [0.29, 0.717) is 31.0 Å². The van der Waals surface area contributed by atoms with Crippen LogP contribution in [0.5, 0.6) is 11.5 Å². The minimum Gasteiger partial charge on any atom is -0.497 e. The molecule has 0 spiro atoms. The molecular formula is C22H30N2O5S. The zero-order valence-electron chi connectivity index (χ0n) is 18.0. The first-order valence-corrected chi connectivity index (χ1v) is 11.7. The second kappa shape index (κ2) is 10.9. The van der Waals surface area contributed by atoms with Crippen LogP contribution in [0.3, 0.4) is 0 Å². The highest BCUT2D eigenvalue weighted by Gasteiger charge is 2.21. The number of amides is 1. The van der Waals surface area contributed by atoms with Crippen molar-refractivity contribution >= 4 is 21.6 Å². The van der Waals surface area contributed by atoms with E-state index in [-0.39, 0.29) is 18.9 Å². The van der Waals surface area contributed by atoms with Gasteiger partial charge in [-0.25, -0.2) is 8.42 Å². The fourth-order valence-corrected chi connectivity index (χ4v) is 4.03. The Labute approximate surface area is 179 Å². The van der Waals surface area contributed by atoms with Gasteiger partial charge in [-0.2, -0.15) is 0 Å². The molecule has 2 rings (SSSR count). The summed E-state index contributed by atoms with van der Waals surface area (Å²) in [5.41, 5.74) is 1.48. The molecule has 0 unspecified atom stereocenters. The van der Waals surface area contributed by atoms with Crippen LogP contribution in [-0.2, 0) is 21.4 Å². The standard InChI is InChI=1S/C22H30N2O5S/c1-5-29-21-10-7-6-9-20(21)24(30(4,26)27)16-8-11-22(25)23(2)17-18-12-14-19(28-3)15-13-18/h6-7,9-10,12-15H,5,8,11,16-17H2,1-4H3. The van der Waals surface area contributed by atoms with Gasteiger partial charge in [-0.15, -0.1) is 0 Å². The average molecular weight is 435 g/mol. The van der Waals surface area contributed by atoms with Crippen LogP contribution < -0.4 is 13.8 Å². The Balaban J connectivity index is 1.98. The molecule has 7 nitrogen and oxygen atoms in total. The minimum atomic E-state index is -3.52. The highest BCUT2D eigenvalue weighted by atomic mass is 32.2. The molecule has 0 saturated carbocycles. The molecule has 0 heterocycles. The average Bonchev–Trinajstić information content (AvgIpc) is 2.71. The molecule has 0 fully saturated rings. The molecule has 1 amide bonds. The molecular weight excluding hydrogens is 404 g/mol. The molecule has 164 valence electrons. The Morgan fingerprint density at radius 1 is 1.07 bits per heavy atom. The van der Waals surface area contributed by atoms with Gasteiger partial charge in [-0.05, 0) is 43.2 Å². The van der Waals surface area contributed by atoms with Gasteiger partial charge in [0.15, 0.2) is 0 Å². The van der Waals surface area contributed by atoms with Crippen LogP contribution in [0.1, 0.15) is 25.3 Å². The fourth-order valence-electron chi connectivity index (χ4n) is 3.06. The lowest BCUT2D eigenvalue weighted by Crippen LogP contribution is -2.32. The molecule has 0 N–H and O–H groups in total. The fraction of sp³-hybridized carbons (Fsp3) is 0.409. The Hall–Kier alpha value is -2.74. The third kappa shape index (κ3) is 6.66. The molecule has 2 aromatic rings. The lowest BCUT2D eigenvalue weighted by atomic mass is 10.2. The summed E-state index contributed by atoms with van der Waals surface area (Å²) in [7, 11) is -0.166. The van der Waals surface area contributed by atoms with E-state index in [1.807, 2.05) is 31.2 Å². The third-order valence-electron chi connectivity index (χ3n) is 4.59. The van der Waals surface area contributed by atoms with Crippen LogP contribution in [0.2, 0.25) is 0 Å². The van der Waals surface area contributed by atoms with E-state index in [0.717, 1.165) is 17.6 Å². The summed E-state index contributed by atoms with van der Waals surface area (Å²) < 4.78 is 36.7. The van der Waals surface area contributed by atoms with E-state index in [2.05, 4.69) is 0 Å². The summed E-state index contributed by atoms with van der Waals surface area (Å²) in [6, 6.07) is 14.6. The van der Waals surface area contributed by atoms with Gasteiger partial charge in [0.25, 0.3) is 0 Å². The quantitative estimate of drug-likeness (QED) is 0.542. The zero-order chi connectivity index (χ0) is 22.1. The number of carbonyl (C=O) groups excluding carboxylic acids is 1. The Bertz CT molecular complexity index is 929. The SMILES string of the molecule is CCOc1ccccc1N(CCCC(=O)N(C)Cc1ccc(OC)cc1)S(C)(=O)=O. The minimum absolute atomic E-state index is 0.0441. The van der Waals surface area contributed by atoms with E-state index < -0.39 is 10.0 Å². The van der Waals surface area contributed by atoms with E-state index in [1.54, 1.807) is 43.3 Å². The van der Waals surface area contributed by atoms with Gasteiger partial charge in [-0.1, -0.05) is 24.3 Å². The van der Waals surface area contributed by atoms with Gasteiger partial charge in [0.2, 0.25) is 15.9 Å². The monoisotopic (exact) mass is 434 g/mol. The van der Waals surface area contributed by atoms with Gasteiger partial charge in [0, 0.05) is 26.6 Å². The molecule has 2 aromatic carbocycles. The van der Waals surface area contributed by atoms with Crippen LogP contribution in [0, 0.1) is 0 Å². The summed E-state index contributed by atoms with van der Waals surface area (Å²) in [6.45, 7) is 2.96. The summed E-state index contributed by atoms with van der Waals surface area (Å²) in [4.78, 5) is 14.2. The molecule has 0 atom stereocenters. The van der Waals surface area contributed by atoms with Gasteiger partial charge >= 0.3 is 0 Å². The van der Waals surface area contributed by atoms with E-state index >= 15 is 0 Å². The van der Waals surface area contributed by atoms with Crippen LogP contribution in [0.25, 0.3) is 0 Å². The first-order chi connectivity index (χ1) is 14.3. The maximum atomic E-state index is 12.5. The number of benzene rings is 2. The topological polar surface area (TPSA) is 76.2 Å². The molecule has 0 aliphatic carbocycles. The summed E-state index contributed by atoms with van der Waals surface area (Å²) >= 11 is 0. The third-order valence-corrected chi connectivity index (χ3v) is 5.77. The first-order valence-electron chi connectivity index (χ1n) is 9.82.